The monoisotopic (exact) mass is 759 g/mol. The third-order valence-electron chi connectivity index (χ3n) is 8.68. The van der Waals surface area contributed by atoms with Crippen molar-refractivity contribution in [3.8, 4) is 44.8 Å². The minimum Gasteiger partial charge on any atom is -0.354 e. The number of hydrogen-bond donors (Lipinski definition) is 3. The summed E-state index contributed by atoms with van der Waals surface area (Å²) in [5, 5.41) is 0. The molecule has 0 unspecified atom stereocenters. The molecule has 0 amide bonds. The second kappa shape index (κ2) is 15.0. The van der Waals surface area contributed by atoms with Gasteiger partial charge in [0.1, 0.15) is 5.82 Å². The molecule has 53 heavy (non-hydrogen) atoms. The average Bonchev–Trinajstić information content (AvgIpc) is 4.00. The van der Waals surface area contributed by atoms with E-state index in [1.807, 2.05) is 24.4 Å². The summed E-state index contributed by atoms with van der Waals surface area (Å²) in [6, 6.07) is 39.8. The smallest absolute Gasteiger partial charge is 0.354 e. The molecule has 1 radical (unpaired) electrons. The van der Waals surface area contributed by atoms with E-state index in [1.165, 1.54) is 0 Å². The molecule has 0 spiro atoms. The molecule has 3 aromatic carbocycles. The van der Waals surface area contributed by atoms with Crippen molar-refractivity contribution < 1.29 is 45.9 Å². The summed E-state index contributed by atoms with van der Waals surface area (Å²) in [4.78, 5) is 26.1. The largest absolute Gasteiger partial charge is 3.00 e. The van der Waals surface area contributed by atoms with Gasteiger partial charge in [-0.1, -0.05) is 91.0 Å². The van der Waals surface area contributed by atoms with E-state index >= 15 is 0 Å². The van der Waals surface area contributed by atoms with Crippen LogP contribution in [0.15, 0.2) is 128 Å². The summed E-state index contributed by atoms with van der Waals surface area (Å²) in [5.74, 6) is 0.740. The Bertz CT molecular complexity index is 2570. The summed E-state index contributed by atoms with van der Waals surface area (Å²) in [6.07, 6.45) is 12.0. The third-order valence-corrected chi connectivity index (χ3v) is 8.68. The first-order valence-electron chi connectivity index (χ1n) is 16.2. The number of halogens is 1. The Morgan fingerprint density at radius 1 is 0.434 bits per heavy atom. The molecule has 0 aliphatic carbocycles. The van der Waals surface area contributed by atoms with Crippen LogP contribution in [0, 0.1) is 10.2 Å². The molecule has 6 heterocycles. The fourth-order valence-corrected chi connectivity index (χ4v) is 6.58. The van der Waals surface area contributed by atoms with Crippen molar-refractivity contribution in [3.05, 3.63) is 150 Å². The van der Waals surface area contributed by atoms with Gasteiger partial charge in [-0.3, -0.25) is 0 Å². The standard InChI is InChI=1S/C41H28N6.ClHO4.Fe/c1-4-10-26(11-5-1)37-29-16-18-31(44-29)38(27-12-6-2-7-13-27)33-20-22-35(46-33)40(41-42-24-25-43-41)36-23-21-34(47-36)39(28-14-8-3-9-15-28)32-19-17-30(37)45-32;2-1(3,4)5;/h1-25,44,47H,(H,42,43);(H,2,3,4,5);/q;;+3/p-1. The van der Waals surface area contributed by atoms with E-state index in [0.717, 1.165) is 89.6 Å². The number of nitrogens with one attached hydrogen (secondary N) is 3. The quantitative estimate of drug-likeness (QED) is 0.204. The number of imidazole rings is 1. The molecular weight excluding hydrogens is 732 g/mol. The zero-order valence-electron chi connectivity index (χ0n) is 27.6. The Morgan fingerprint density at radius 2 is 0.755 bits per heavy atom. The first-order chi connectivity index (χ1) is 25.3. The van der Waals surface area contributed by atoms with Crippen molar-refractivity contribution in [1.82, 2.24) is 29.9 Å². The van der Waals surface area contributed by atoms with Crippen LogP contribution in [0.4, 0.5) is 0 Å². The summed E-state index contributed by atoms with van der Waals surface area (Å²) in [7, 11) is -4.94. The van der Waals surface area contributed by atoms with Gasteiger partial charge in [0.2, 0.25) is 0 Å². The Kier molecular flexibility index (Phi) is 10.1. The first-order valence-corrected chi connectivity index (χ1v) is 17.5. The van der Waals surface area contributed by atoms with Gasteiger partial charge < -0.3 is 15.0 Å². The fraction of sp³-hybridized carbons (Fsp3) is 0. The van der Waals surface area contributed by atoms with Crippen LogP contribution in [-0.4, -0.2) is 29.9 Å². The van der Waals surface area contributed by atoms with E-state index in [0.29, 0.717) is 0 Å². The van der Waals surface area contributed by atoms with Crippen LogP contribution in [-0.2, 0) is 17.1 Å². The Balaban J connectivity index is 0.000000682. The number of aromatic nitrogens is 6. The van der Waals surface area contributed by atoms with E-state index in [1.54, 1.807) is 6.20 Å². The Labute approximate surface area is 316 Å². The van der Waals surface area contributed by atoms with Gasteiger partial charge in [0, 0.05) is 45.6 Å². The number of nitrogens with zero attached hydrogens (tertiary/aromatic N) is 3. The van der Waals surface area contributed by atoms with Crippen LogP contribution in [0.5, 0.6) is 0 Å². The first kappa shape index (κ1) is 35.5. The predicted molar refractivity (Wildman–Crippen MR) is 193 cm³/mol. The summed E-state index contributed by atoms with van der Waals surface area (Å²) >= 11 is 0. The zero-order valence-corrected chi connectivity index (χ0v) is 29.5. The molecular formula is C41H28ClFeN6O4+2. The van der Waals surface area contributed by atoms with Crippen LogP contribution in [0.3, 0.4) is 0 Å². The van der Waals surface area contributed by atoms with Gasteiger partial charge in [0.15, 0.2) is 0 Å². The van der Waals surface area contributed by atoms with Crippen LogP contribution in [0.1, 0.15) is 22.8 Å². The van der Waals surface area contributed by atoms with Crippen LogP contribution < -0.4 is 18.6 Å². The zero-order chi connectivity index (χ0) is 35.7. The van der Waals surface area contributed by atoms with E-state index in [2.05, 4.69) is 141 Å². The summed E-state index contributed by atoms with van der Waals surface area (Å²) in [6.45, 7) is 0. The molecule has 9 rings (SSSR count). The molecule has 2 aliphatic heterocycles. The maximum Gasteiger partial charge on any atom is 3.00 e. The van der Waals surface area contributed by atoms with Crippen LogP contribution in [0.25, 0.3) is 91.1 Å². The van der Waals surface area contributed by atoms with E-state index in [9.17, 15) is 0 Å². The van der Waals surface area contributed by atoms with Gasteiger partial charge in [-0.15, -0.1) is 10.2 Å². The number of rotatable bonds is 4. The van der Waals surface area contributed by atoms with Gasteiger partial charge in [-0.25, -0.2) is 33.6 Å². The summed E-state index contributed by atoms with van der Waals surface area (Å²) in [5.41, 5.74) is 14.5. The van der Waals surface area contributed by atoms with Gasteiger partial charge in [0.25, 0.3) is 0 Å². The SMILES string of the molecule is C1=Cc2nc1c(-c1ccccc1)c1ccc([nH]1)c(-c1ccccc1)c1nc(c(-c3ncc[nH]3)c3ccc([nH]3)c2-c2ccccc2)C=C1.[Fe+3].[O-][Cl+3]([O-])([O-])[O-]. The molecule has 4 aromatic heterocycles. The Morgan fingerprint density at radius 3 is 1.08 bits per heavy atom. The van der Waals surface area contributed by atoms with Gasteiger partial charge in [-0.2, -0.15) is 0 Å². The van der Waals surface area contributed by atoms with Gasteiger partial charge in [-0.05, 0) is 65.3 Å². The second-order valence-electron chi connectivity index (χ2n) is 11.9. The average molecular weight is 760 g/mol. The molecule has 7 aromatic rings. The molecule has 0 saturated carbocycles. The topological polar surface area (TPSA) is 178 Å². The van der Waals surface area contributed by atoms with E-state index in [-0.39, 0.29) is 17.1 Å². The molecule has 0 atom stereocenters. The maximum atomic E-state index is 8.49. The molecule has 2 aliphatic rings. The molecule has 12 heteroatoms. The number of H-pyrrole nitrogens is 3. The maximum absolute atomic E-state index is 8.49. The third kappa shape index (κ3) is 7.54. The second-order valence-corrected chi connectivity index (χ2v) is 12.7. The molecule has 10 nitrogen and oxygen atoms in total. The Hall–Kier alpha value is -5.88. The molecule has 3 N–H and O–H groups in total. The molecule has 259 valence electrons. The minimum absolute atomic E-state index is 0. The number of aromatic amines is 3. The van der Waals surface area contributed by atoms with E-state index < -0.39 is 10.2 Å². The summed E-state index contributed by atoms with van der Waals surface area (Å²) < 4.78 is 34.0. The normalized spacial score (nSPS) is 11.8. The number of benzene rings is 3. The molecule has 0 fully saturated rings. The van der Waals surface area contributed by atoms with Gasteiger partial charge in [0.05, 0.1) is 33.9 Å². The minimum atomic E-state index is -4.94. The molecule has 0 saturated heterocycles. The van der Waals surface area contributed by atoms with Crippen molar-refractivity contribution in [3.63, 3.8) is 0 Å². The number of fused-ring (bicyclic) bond motifs is 8. The molecule has 8 bridgehead atoms. The van der Waals surface area contributed by atoms with Crippen molar-refractivity contribution in [2.45, 2.75) is 0 Å². The van der Waals surface area contributed by atoms with Crippen LogP contribution >= 0.6 is 0 Å². The van der Waals surface area contributed by atoms with Gasteiger partial charge >= 0.3 is 17.1 Å². The predicted octanol–water partition coefficient (Wildman–Crippen LogP) is 5.29. The van der Waals surface area contributed by atoms with Crippen LogP contribution in [0.2, 0.25) is 0 Å². The number of hydrogen-bond acceptors (Lipinski definition) is 7. The van der Waals surface area contributed by atoms with E-state index in [4.69, 9.17) is 28.6 Å². The fourth-order valence-electron chi connectivity index (χ4n) is 6.58. The van der Waals surface area contributed by atoms with Crippen molar-refractivity contribution in [1.29, 1.82) is 0 Å². The van der Waals surface area contributed by atoms with Crippen molar-refractivity contribution >= 4 is 46.4 Å². The van der Waals surface area contributed by atoms with Crippen molar-refractivity contribution in [2.24, 2.45) is 0 Å². The van der Waals surface area contributed by atoms with Crippen molar-refractivity contribution in [2.75, 3.05) is 0 Å².